The largest absolute Gasteiger partial charge is 0.444 e. The van der Waals surface area contributed by atoms with Crippen LogP contribution in [-0.2, 0) is 4.74 Å². The standard InChI is InChI=1S/C18H25ClN2O2/c1-13-7-6-8-14(19)17(13)20-18(22)23-16-10-3-2-9-15(16)21-11-4-5-12-21/h6-8,15-16H,2-5,9-12H2,1H3,(H,20,22). The van der Waals surface area contributed by atoms with Crippen LogP contribution in [0.25, 0.3) is 0 Å². The van der Waals surface area contributed by atoms with Crippen molar-refractivity contribution < 1.29 is 9.53 Å². The molecule has 4 nitrogen and oxygen atoms in total. The van der Waals surface area contributed by atoms with Crippen molar-refractivity contribution in [3.05, 3.63) is 28.8 Å². The van der Waals surface area contributed by atoms with Crippen LogP contribution < -0.4 is 5.32 Å². The molecule has 2 fully saturated rings. The van der Waals surface area contributed by atoms with Crippen molar-refractivity contribution in [2.24, 2.45) is 0 Å². The van der Waals surface area contributed by atoms with E-state index in [1.54, 1.807) is 6.07 Å². The molecule has 5 heteroatoms. The fraction of sp³-hybridized carbons (Fsp3) is 0.611. The second-order valence-corrected chi connectivity index (χ2v) is 7.00. The van der Waals surface area contributed by atoms with Crippen LogP contribution in [0.15, 0.2) is 18.2 Å². The molecule has 0 aromatic heterocycles. The number of likely N-dealkylation sites (tertiary alicyclic amines) is 1. The van der Waals surface area contributed by atoms with Gasteiger partial charge in [-0.1, -0.05) is 30.2 Å². The Bertz CT molecular complexity index is 538. The normalized spacial score (nSPS) is 25.3. The van der Waals surface area contributed by atoms with Crippen molar-refractivity contribution in [2.45, 2.75) is 57.6 Å². The number of ether oxygens (including phenoxy) is 1. The monoisotopic (exact) mass is 336 g/mol. The minimum atomic E-state index is -0.391. The highest BCUT2D eigenvalue weighted by atomic mass is 35.5. The van der Waals surface area contributed by atoms with E-state index in [-0.39, 0.29) is 6.10 Å². The van der Waals surface area contributed by atoms with Crippen molar-refractivity contribution in [1.29, 1.82) is 0 Å². The second-order valence-electron chi connectivity index (χ2n) is 6.60. The molecule has 1 saturated carbocycles. The Hall–Kier alpha value is -1.26. The minimum absolute atomic E-state index is 0.00959. The van der Waals surface area contributed by atoms with E-state index in [0.29, 0.717) is 16.8 Å². The summed E-state index contributed by atoms with van der Waals surface area (Å²) in [6.45, 7) is 4.20. The number of nitrogens with one attached hydrogen (secondary N) is 1. The molecular formula is C18H25ClN2O2. The summed E-state index contributed by atoms with van der Waals surface area (Å²) in [5, 5.41) is 3.37. The summed E-state index contributed by atoms with van der Waals surface area (Å²) in [4.78, 5) is 14.8. The van der Waals surface area contributed by atoms with Crippen LogP contribution in [0.5, 0.6) is 0 Å². The molecule has 1 aromatic rings. The van der Waals surface area contributed by atoms with Gasteiger partial charge in [-0.05, 0) is 63.7 Å². The molecule has 0 spiro atoms. The molecule has 1 aliphatic heterocycles. The molecule has 1 heterocycles. The van der Waals surface area contributed by atoms with E-state index in [4.69, 9.17) is 16.3 Å². The fourth-order valence-electron chi connectivity index (χ4n) is 3.76. The van der Waals surface area contributed by atoms with Crippen molar-refractivity contribution in [2.75, 3.05) is 18.4 Å². The van der Waals surface area contributed by atoms with Crippen LogP contribution in [0.1, 0.15) is 44.1 Å². The first-order valence-corrected chi connectivity index (χ1v) is 9.00. The third-order valence-corrected chi connectivity index (χ3v) is 5.30. The fourth-order valence-corrected chi connectivity index (χ4v) is 4.03. The van der Waals surface area contributed by atoms with Gasteiger partial charge in [0, 0.05) is 6.04 Å². The zero-order chi connectivity index (χ0) is 16.2. The molecular weight excluding hydrogens is 312 g/mol. The van der Waals surface area contributed by atoms with E-state index in [2.05, 4.69) is 10.2 Å². The number of nitrogens with zero attached hydrogens (tertiary/aromatic N) is 1. The summed E-state index contributed by atoms with van der Waals surface area (Å²) < 4.78 is 5.78. The first kappa shape index (κ1) is 16.6. The number of halogens is 1. The number of amides is 1. The summed E-state index contributed by atoms with van der Waals surface area (Å²) in [5.74, 6) is 0. The predicted octanol–water partition coefficient (Wildman–Crippen LogP) is 4.60. The summed E-state index contributed by atoms with van der Waals surface area (Å²) in [5.41, 5.74) is 1.59. The lowest BCUT2D eigenvalue weighted by atomic mass is 9.91. The SMILES string of the molecule is Cc1cccc(Cl)c1NC(=O)OC1CCCCC1N1CCCC1. The summed E-state index contributed by atoms with van der Waals surface area (Å²) in [6.07, 6.45) is 6.56. The highest BCUT2D eigenvalue weighted by Gasteiger charge is 2.34. The van der Waals surface area contributed by atoms with E-state index in [0.717, 1.165) is 37.9 Å². The molecule has 0 bridgehead atoms. The van der Waals surface area contributed by atoms with Gasteiger partial charge in [0.25, 0.3) is 0 Å². The van der Waals surface area contributed by atoms with Gasteiger partial charge < -0.3 is 4.74 Å². The lowest BCUT2D eigenvalue weighted by molar-refractivity contribution is 0.0176. The van der Waals surface area contributed by atoms with Gasteiger partial charge in [-0.25, -0.2) is 4.79 Å². The van der Waals surface area contributed by atoms with Crippen LogP contribution >= 0.6 is 11.6 Å². The van der Waals surface area contributed by atoms with Gasteiger partial charge in [0.1, 0.15) is 6.10 Å². The van der Waals surface area contributed by atoms with Crippen molar-refractivity contribution >= 4 is 23.4 Å². The third kappa shape index (κ3) is 3.99. The number of hydrogen-bond acceptors (Lipinski definition) is 3. The van der Waals surface area contributed by atoms with Crippen molar-refractivity contribution in [3.63, 3.8) is 0 Å². The molecule has 1 saturated heterocycles. The maximum absolute atomic E-state index is 12.3. The number of hydrogen-bond donors (Lipinski definition) is 1. The third-order valence-electron chi connectivity index (χ3n) is 4.98. The van der Waals surface area contributed by atoms with Gasteiger partial charge in [0.05, 0.1) is 10.7 Å². The Labute approximate surface area is 143 Å². The predicted molar refractivity (Wildman–Crippen MR) is 93.1 cm³/mol. The number of benzene rings is 1. The molecule has 1 N–H and O–H groups in total. The second kappa shape index (κ2) is 7.54. The van der Waals surface area contributed by atoms with Crippen LogP contribution in [0.2, 0.25) is 5.02 Å². The average molecular weight is 337 g/mol. The van der Waals surface area contributed by atoms with Crippen LogP contribution in [0, 0.1) is 6.92 Å². The van der Waals surface area contributed by atoms with Gasteiger partial charge in [0.2, 0.25) is 0 Å². The van der Waals surface area contributed by atoms with Crippen LogP contribution in [0.3, 0.4) is 0 Å². The minimum Gasteiger partial charge on any atom is -0.444 e. The Balaban J connectivity index is 1.63. The van der Waals surface area contributed by atoms with E-state index < -0.39 is 6.09 Å². The summed E-state index contributed by atoms with van der Waals surface area (Å²) >= 11 is 6.17. The Morgan fingerprint density at radius 2 is 1.96 bits per heavy atom. The van der Waals surface area contributed by atoms with E-state index in [1.807, 2.05) is 19.1 Å². The lowest BCUT2D eigenvalue weighted by Crippen LogP contribution is -2.46. The van der Waals surface area contributed by atoms with E-state index >= 15 is 0 Å². The number of carbonyl (C=O) groups excluding carboxylic acids is 1. The summed E-state index contributed by atoms with van der Waals surface area (Å²) in [7, 11) is 0. The number of carbonyl (C=O) groups is 1. The Morgan fingerprint density at radius 3 is 2.70 bits per heavy atom. The van der Waals surface area contributed by atoms with E-state index in [9.17, 15) is 4.79 Å². The quantitative estimate of drug-likeness (QED) is 0.876. The molecule has 23 heavy (non-hydrogen) atoms. The lowest BCUT2D eigenvalue weighted by Gasteiger charge is -2.37. The van der Waals surface area contributed by atoms with Gasteiger partial charge in [-0.2, -0.15) is 0 Å². The number of para-hydroxylation sites is 1. The van der Waals surface area contributed by atoms with Gasteiger partial charge in [-0.15, -0.1) is 0 Å². The topological polar surface area (TPSA) is 41.6 Å². The van der Waals surface area contributed by atoms with Gasteiger partial charge in [0.15, 0.2) is 0 Å². The number of rotatable bonds is 3. The van der Waals surface area contributed by atoms with Crippen LogP contribution in [-0.4, -0.2) is 36.2 Å². The first-order chi connectivity index (χ1) is 11.1. The molecule has 1 aromatic carbocycles. The van der Waals surface area contributed by atoms with Crippen molar-refractivity contribution in [1.82, 2.24) is 4.90 Å². The van der Waals surface area contributed by atoms with Crippen LogP contribution in [0.4, 0.5) is 10.5 Å². The number of anilines is 1. The van der Waals surface area contributed by atoms with Gasteiger partial charge in [-0.3, -0.25) is 10.2 Å². The Morgan fingerprint density at radius 1 is 1.22 bits per heavy atom. The van der Waals surface area contributed by atoms with E-state index in [1.165, 1.54) is 19.3 Å². The summed E-state index contributed by atoms with van der Waals surface area (Å²) in [6, 6.07) is 5.95. The molecule has 0 radical (unpaired) electrons. The van der Waals surface area contributed by atoms with Crippen molar-refractivity contribution in [3.8, 4) is 0 Å². The maximum Gasteiger partial charge on any atom is 0.412 e. The maximum atomic E-state index is 12.3. The first-order valence-electron chi connectivity index (χ1n) is 8.62. The molecule has 126 valence electrons. The average Bonchev–Trinajstić information content (AvgIpc) is 3.06. The zero-order valence-corrected chi connectivity index (χ0v) is 14.4. The zero-order valence-electron chi connectivity index (χ0n) is 13.7. The number of aryl methyl sites for hydroxylation is 1. The highest BCUT2D eigenvalue weighted by Crippen LogP contribution is 2.29. The molecule has 3 rings (SSSR count). The van der Waals surface area contributed by atoms with Gasteiger partial charge >= 0.3 is 6.09 Å². The Kier molecular flexibility index (Phi) is 5.44. The molecule has 1 amide bonds. The molecule has 1 aliphatic carbocycles. The molecule has 2 atom stereocenters. The smallest absolute Gasteiger partial charge is 0.412 e. The molecule has 2 aliphatic rings. The molecule has 2 unspecified atom stereocenters. The highest BCUT2D eigenvalue weighted by molar-refractivity contribution is 6.33.